The number of nitrogens with zero attached hydrogens (tertiary/aromatic N) is 1. The molecule has 3 nitrogen and oxygen atoms in total. The van der Waals surface area contributed by atoms with Gasteiger partial charge in [-0.05, 0) is 54.7 Å². The first-order valence-electron chi connectivity index (χ1n) is 6.69. The molecule has 0 aromatic carbocycles. The molecule has 18 heavy (non-hydrogen) atoms. The van der Waals surface area contributed by atoms with Gasteiger partial charge in [-0.15, -0.1) is 0 Å². The second-order valence-electron chi connectivity index (χ2n) is 4.94. The van der Waals surface area contributed by atoms with Gasteiger partial charge in [-0.2, -0.15) is 0 Å². The summed E-state index contributed by atoms with van der Waals surface area (Å²) in [6.07, 6.45) is 2.47. The minimum absolute atomic E-state index is 0.592. The first-order chi connectivity index (χ1) is 8.58. The van der Waals surface area contributed by atoms with E-state index in [1.165, 1.54) is 12.8 Å². The zero-order valence-corrected chi connectivity index (χ0v) is 14.0. The Bertz CT molecular complexity index is 334. The molecule has 0 bridgehead atoms. The predicted molar refractivity (Wildman–Crippen MR) is 84.7 cm³/mol. The normalized spacial score (nSPS) is 13.5. The maximum Gasteiger partial charge on any atom is 0.164 e. The van der Waals surface area contributed by atoms with Crippen molar-refractivity contribution in [1.82, 2.24) is 10.2 Å². The Morgan fingerprint density at radius 2 is 1.94 bits per heavy atom. The van der Waals surface area contributed by atoms with Crippen molar-refractivity contribution in [2.24, 2.45) is 5.92 Å². The van der Waals surface area contributed by atoms with Crippen molar-refractivity contribution in [1.29, 1.82) is 0 Å². The number of nitrogens with one attached hydrogen (secondary N) is 1. The van der Waals surface area contributed by atoms with Crippen LogP contribution in [0.4, 0.5) is 0 Å². The van der Waals surface area contributed by atoms with Crippen LogP contribution < -0.4 is 5.32 Å². The Morgan fingerprint density at radius 1 is 1.28 bits per heavy atom. The van der Waals surface area contributed by atoms with Crippen LogP contribution in [0.3, 0.4) is 0 Å². The molecule has 1 unspecified atom stereocenters. The minimum Gasteiger partial charge on any atom is -0.454 e. The lowest BCUT2D eigenvalue weighted by molar-refractivity contribution is 0.193. The van der Waals surface area contributed by atoms with E-state index in [9.17, 15) is 0 Å². The maximum atomic E-state index is 5.55. The molecule has 1 aromatic rings. The molecule has 4 heteroatoms. The topological polar surface area (TPSA) is 28.4 Å². The molecule has 0 saturated carbocycles. The summed E-state index contributed by atoms with van der Waals surface area (Å²) in [6, 6.07) is 4.63. The molecule has 0 aliphatic rings. The molecule has 0 saturated heterocycles. The molecule has 1 heterocycles. The standard InChI is InChI=1S/C14H25IN2O/c1-5-11(6-2)13(17(3)4)10-16-9-12-7-8-14(15)18-12/h7-8,11,13,16H,5-6,9-10H2,1-4H3. The van der Waals surface area contributed by atoms with Crippen LogP contribution in [-0.4, -0.2) is 31.6 Å². The van der Waals surface area contributed by atoms with Crippen LogP contribution in [0.15, 0.2) is 16.5 Å². The van der Waals surface area contributed by atoms with E-state index in [2.05, 4.69) is 60.8 Å². The minimum atomic E-state index is 0.592. The zero-order chi connectivity index (χ0) is 13.5. The second kappa shape index (κ2) is 8.17. The van der Waals surface area contributed by atoms with Crippen LogP contribution in [0.1, 0.15) is 32.4 Å². The molecule has 0 spiro atoms. The summed E-state index contributed by atoms with van der Waals surface area (Å²) in [7, 11) is 4.33. The molecule has 1 N–H and O–H groups in total. The van der Waals surface area contributed by atoms with Crippen LogP contribution in [0.5, 0.6) is 0 Å². The van der Waals surface area contributed by atoms with Crippen molar-refractivity contribution in [3.8, 4) is 0 Å². The Labute approximate surface area is 124 Å². The molecule has 0 fully saturated rings. The molecule has 1 aromatic heterocycles. The van der Waals surface area contributed by atoms with E-state index in [0.29, 0.717) is 6.04 Å². The Balaban J connectivity index is 2.42. The van der Waals surface area contributed by atoms with Gasteiger partial charge in [0.15, 0.2) is 3.77 Å². The van der Waals surface area contributed by atoms with Gasteiger partial charge in [-0.3, -0.25) is 0 Å². The van der Waals surface area contributed by atoms with E-state index in [1.807, 2.05) is 12.1 Å². The van der Waals surface area contributed by atoms with Gasteiger partial charge >= 0.3 is 0 Å². The van der Waals surface area contributed by atoms with Crippen LogP contribution in [0.25, 0.3) is 0 Å². The lowest BCUT2D eigenvalue weighted by Crippen LogP contribution is -2.42. The van der Waals surface area contributed by atoms with Crippen LogP contribution >= 0.6 is 22.6 Å². The molecule has 0 amide bonds. The third-order valence-electron chi connectivity index (χ3n) is 3.54. The van der Waals surface area contributed by atoms with Gasteiger partial charge in [0, 0.05) is 12.6 Å². The molecule has 104 valence electrons. The van der Waals surface area contributed by atoms with E-state index in [-0.39, 0.29) is 0 Å². The Hall–Kier alpha value is -0.0700. The summed E-state index contributed by atoms with van der Waals surface area (Å²) in [6.45, 7) is 6.38. The van der Waals surface area contributed by atoms with Gasteiger partial charge in [-0.1, -0.05) is 26.7 Å². The Morgan fingerprint density at radius 3 is 2.39 bits per heavy atom. The van der Waals surface area contributed by atoms with E-state index in [4.69, 9.17) is 4.42 Å². The van der Waals surface area contributed by atoms with Gasteiger partial charge in [0.2, 0.25) is 0 Å². The first-order valence-corrected chi connectivity index (χ1v) is 7.77. The van der Waals surface area contributed by atoms with Gasteiger partial charge < -0.3 is 14.6 Å². The van der Waals surface area contributed by atoms with Gasteiger partial charge in [-0.25, -0.2) is 0 Å². The first kappa shape index (κ1) is 16.0. The summed E-state index contributed by atoms with van der Waals surface area (Å²) in [5.41, 5.74) is 0. The summed E-state index contributed by atoms with van der Waals surface area (Å²) in [4.78, 5) is 2.33. The van der Waals surface area contributed by atoms with E-state index in [1.54, 1.807) is 0 Å². The highest BCUT2D eigenvalue weighted by atomic mass is 127. The molecular weight excluding hydrogens is 339 g/mol. The van der Waals surface area contributed by atoms with Crippen molar-refractivity contribution in [2.75, 3.05) is 20.6 Å². The predicted octanol–water partition coefficient (Wildman–Crippen LogP) is 3.34. The highest BCUT2D eigenvalue weighted by molar-refractivity contribution is 14.1. The summed E-state index contributed by atoms with van der Waals surface area (Å²) in [5, 5.41) is 3.51. The summed E-state index contributed by atoms with van der Waals surface area (Å²) in [5.74, 6) is 1.77. The van der Waals surface area contributed by atoms with Gasteiger partial charge in [0.25, 0.3) is 0 Å². The van der Waals surface area contributed by atoms with E-state index in [0.717, 1.165) is 28.5 Å². The molecule has 0 aliphatic heterocycles. The third kappa shape index (κ3) is 4.90. The average molecular weight is 364 g/mol. The van der Waals surface area contributed by atoms with Crippen molar-refractivity contribution < 1.29 is 4.42 Å². The summed E-state index contributed by atoms with van der Waals surface area (Å²) < 4.78 is 6.50. The van der Waals surface area contributed by atoms with Crippen molar-refractivity contribution in [3.63, 3.8) is 0 Å². The third-order valence-corrected chi connectivity index (χ3v) is 4.12. The van der Waals surface area contributed by atoms with Crippen molar-refractivity contribution >= 4 is 22.6 Å². The highest BCUT2D eigenvalue weighted by Crippen LogP contribution is 2.16. The molecule has 1 atom stereocenters. The van der Waals surface area contributed by atoms with Crippen LogP contribution in [-0.2, 0) is 6.54 Å². The Kier molecular flexibility index (Phi) is 7.26. The van der Waals surface area contributed by atoms with Crippen LogP contribution in [0, 0.1) is 9.68 Å². The number of likely N-dealkylation sites (N-methyl/N-ethyl adjacent to an activating group) is 1. The highest BCUT2D eigenvalue weighted by Gasteiger charge is 2.20. The number of furan rings is 1. The van der Waals surface area contributed by atoms with Crippen molar-refractivity contribution in [3.05, 3.63) is 21.7 Å². The fraction of sp³-hybridized carbons (Fsp3) is 0.714. The molecule has 0 radical (unpaired) electrons. The number of rotatable bonds is 8. The zero-order valence-electron chi connectivity index (χ0n) is 11.9. The van der Waals surface area contributed by atoms with E-state index < -0.39 is 0 Å². The number of hydrogen-bond acceptors (Lipinski definition) is 3. The van der Waals surface area contributed by atoms with Gasteiger partial charge in [0.1, 0.15) is 5.76 Å². The lowest BCUT2D eigenvalue weighted by atomic mass is 9.93. The maximum absolute atomic E-state index is 5.55. The van der Waals surface area contributed by atoms with E-state index >= 15 is 0 Å². The SMILES string of the molecule is CCC(CC)C(CNCc1ccc(I)o1)N(C)C. The largest absolute Gasteiger partial charge is 0.454 e. The molecule has 1 rings (SSSR count). The van der Waals surface area contributed by atoms with Crippen molar-refractivity contribution in [2.45, 2.75) is 39.3 Å². The summed E-state index contributed by atoms with van der Waals surface area (Å²) >= 11 is 2.20. The average Bonchev–Trinajstić information content (AvgIpc) is 2.74. The fourth-order valence-corrected chi connectivity index (χ4v) is 2.86. The lowest BCUT2D eigenvalue weighted by Gasteiger charge is -2.31. The molecular formula is C14H25IN2O. The quantitative estimate of drug-likeness (QED) is 0.718. The molecule has 0 aliphatic carbocycles. The fourth-order valence-electron chi connectivity index (χ4n) is 2.39. The monoisotopic (exact) mass is 364 g/mol. The second-order valence-corrected chi connectivity index (χ2v) is 6.01. The smallest absolute Gasteiger partial charge is 0.164 e. The number of hydrogen-bond donors (Lipinski definition) is 1. The van der Waals surface area contributed by atoms with Crippen LogP contribution in [0.2, 0.25) is 0 Å². The van der Waals surface area contributed by atoms with Gasteiger partial charge in [0.05, 0.1) is 6.54 Å². The number of halogens is 1.